The molecule has 1 unspecified atom stereocenters. The lowest BCUT2D eigenvalue weighted by Gasteiger charge is -2.23. The molecule has 1 N–H and O–H groups in total. The second kappa shape index (κ2) is 10.9. The summed E-state index contributed by atoms with van der Waals surface area (Å²) in [5, 5.41) is 23.1. The Hall–Kier alpha value is -4.25. The molecule has 0 aliphatic carbocycles. The van der Waals surface area contributed by atoms with Gasteiger partial charge in [0.25, 0.3) is 5.91 Å². The number of fused-ring (bicyclic) bond motifs is 2. The fourth-order valence-corrected chi connectivity index (χ4v) is 7.27. The van der Waals surface area contributed by atoms with E-state index in [1.165, 1.54) is 33.4 Å². The highest BCUT2D eigenvalue weighted by molar-refractivity contribution is 9.10. The van der Waals surface area contributed by atoms with Gasteiger partial charge in [-0.25, -0.2) is 0 Å². The van der Waals surface area contributed by atoms with Crippen LogP contribution in [-0.4, -0.2) is 27.0 Å². The van der Waals surface area contributed by atoms with E-state index in [4.69, 9.17) is 4.42 Å². The van der Waals surface area contributed by atoms with Gasteiger partial charge in [-0.15, -0.1) is 10.2 Å². The van der Waals surface area contributed by atoms with Crippen molar-refractivity contribution in [2.24, 2.45) is 0 Å². The topological polar surface area (TPSA) is 96.5 Å². The minimum atomic E-state index is -0.921. The first-order valence-corrected chi connectivity index (χ1v) is 15.6. The predicted molar refractivity (Wildman–Crippen MR) is 168 cm³/mol. The fourth-order valence-electron chi connectivity index (χ4n) is 5.14. The number of Topliss-reactive ketones (excluding diaryl/α,β-unsaturated/α-hetero) is 1. The highest BCUT2D eigenvalue weighted by Crippen LogP contribution is 2.44. The standard InChI is InChI=1S/C32H20BrN3O4S2/c33-22-14-12-19(13-15-22)27-26(28(37)25-16-20-7-2-4-11-24(20)40-25)29(38)30(39)36(27)31-34-35-32(42-31)41-17-21-9-5-8-18-6-1-3-10-23(18)21/h1-16,27,38H,17H2. The molecule has 7 nitrogen and oxygen atoms in total. The number of para-hydroxylation sites is 1. The Balaban J connectivity index is 1.23. The first kappa shape index (κ1) is 26.6. The number of amides is 1. The maximum Gasteiger partial charge on any atom is 0.296 e. The van der Waals surface area contributed by atoms with E-state index >= 15 is 0 Å². The minimum absolute atomic E-state index is 0.0399. The number of benzene rings is 4. The zero-order valence-electron chi connectivity index (χ0n) is 21.7. The van der Waals surface area contributed by atoms with E-state index in [1.54, 1.807) is 24.3 Å². The molecule has 6 aromatic rings. The van der Waals surface area contributed by atoms with Gasteiger partial charge in [0.2, 0.25) is 10.9 Å². The number of carbonyl (C=O) groups excluding carboxylic acids is 2. The van der Waals surface area contributed by atoms with E-state index in [-0.39, 0.29) is 16.5 Å². The smallest absolute Gasteiger partial charge is 0.296 e. The number of halogens is 1. The van der Waals surface area contributed by atoms with Crippen molar-refractivity contribution in [3.05, 3.63) is 130 Å². The van der Waals surface area contributed by atoms with Crippen molar-refractivity contribution < 1.29 is 19.1 Å². The number of ketones is 1. The van der Waals surface area contributed by atoms with Crippen molar-refractivity contribution >= 4 is 77.6 Å². The third kappa shape index (κ3) is 4.71. The molecule has 1 aliphatic rings. The maximum atomic E-state index is 13.8. The summed E-state index contributed by atoms with van der Waals surface area (Å²) in [5.41, 5.74) is 2.27. The van der Waals surface area contributed by atoms with Crippen LogP contribution >= 0.6 is 39.0 Å². The normalized spacial score (nSPS) is 15.3. The van der Waals surface area contributed by atoms with Crippen molar-refractivity contribution in [2.45, 2.75) is 16.1 Å². The van der Waals surface area contributed by atoms with E-state index in [1.807, 2.05) is 48.5 Å². The molecule has 10 heteroatoms. The Bertz CT molecular complexity index is 1990. The van der Waals surface area contributed by atoms with E-state index in [2.05, 4.69) is 50.4 Å². The van der Waals surface area contributed by atoms with E-state index in [9.17, 15) is 14.7 Å². The lowest BCUT2D eigenvalue weighted by molar-refractivity contribution is -0.117. The average molecular weight is 655 g/mol. The van der Waals surface area contributed by atoms with Gasteiger partial charge >= 0.3 is 0 Å². The van der Waals surface area contributed by atoms with E-state index in [0.717, 1.165) is 20.8 Å². The Kier molecular flexibility index (Phi) is 6.89. The summed E-state index contributed by atoms with van der Waals surface area (Å²) in [6.45, 7) is 0. The number of nitrogens with zero attached hydrogens (tertiary/aromatic N) is 3. The van der Waals surface area contributed by atoms with Crippen LogP contribution in [0.5, 0.6) is 0 Å². The minimum Gasteiger partial charge on any atom is -0.503 e. The Labute approximate surface area is 256 Å². The molecule has 206 valence electrons. The van der Waals surface area contributed by atoms with Crippen LogP contribution in [0.15, 0.2) is 122 Å². The van der Waals surface area contributed by atoms with Crippen molar-refractivity contribution in [3.8, 4) is 0 Å². The predicted octanol–water partition coefficient (Wildman–Crippen LogP) is 8.28. The molecule has 0 fully saturated rings. The van der Waals surface area contributed by atoms with Gasteiger partial charge < -0.3 is 9.52 Å². The van der Waals surface area contributed by atoms with Gasteiger partial charge in [0, 0.05) is 15.6 Å². The Morgan fingerprint density at radius 1 is 0.952 bits per heavy atom. The molecular formula is C32H20BrN3O4S2. The summed E-state index contributed by atoms with van der Waals surface area (Å²) in [5.74, 6) is -1.21. The summed E-state index contributed by atoms with van der Waals surface area (Å²) in [4.78, 5) is 28.7. The lowest BCUT2D eigenvalue weighted by atomic mass is 9.95. The summed E-state index contributed by atoms with van der Waals surface area (Å²) in [6.07, 6.45) is 0. The van der Waals surface area contributed by atoms with Crippen LogP contribution < -0.4 is 4.90 Å². The number of aromatic nitrogens is 2. The fraction of sp³-hybridized carbons (Fsp3) is 0.0625. The molecule has 42 heavy (non-hydrogen) atoms. The quantitative estimate of drug-likeness (QED) is 0.105. The monoisotopic (exact) mass is 653 g/mol. The zero-order valence-corrected chi connectivity index (χ0v) is 24.9. The number of carbonyl (C=O) groups is 2. The van der Waals surface area contributed by atoms with Crippen LogP contribution in [0, 0.1) is 0 Å². The average Bonchev–Trinajstić information content (AvgIpc) is 3.73. The Morgan fingerprint density at radius 3 is 2.50 bits per heavy atom. The van der Waals surface area contributed by atoms with Gasteiger partial charge in [-0.3, -0.25) is 14.5 Å². The summed E-state index contributed by atoms with van der Waals surface area (Å²) >= 11 is 6.20. The number of hydrogen-bond donors (Lipinski definition) is 1. The first-order chi connectivity index (χ1) is 20.5. The number of thioether (sulfide) groups is 1. The molecule has 0 spiro atoms. The van der Waals surface area contributed by atoms with Gasteiger partial charge in [0.15, 0.2) is 15.9 Å². The Morgan fingerprint density at radius 2 is 1.69 bits per heavy atom. The van der Waals surface area contributed by atoms with Crippen molar-refractivity contribution in [1.29, 1.82) is 0 Å². The van der Waals surface area contributed by atoms with Crippen LogP contribution in [0.25, 0.3) is 21.7 Å². The van der Waals surface area contributed by atoms with Gasteiger partial charge in [-0.2, -0.15) is 0 Å². The number of furan rings is 1. The van der Waals surface area contributed by atoms with Crippen LogP contribution in [-0.2, 0) is 10.5 Å². The first-order valence-electron chi connectivity index (χ1n) is 13.0. The van der Waals surface area contributed by atoms with Gasteiger partial charge in [-0.1, -0.05) is 112 Å². The third-order valence-electron chi connectivity index (χ3n) is 7.12. The lowest BCUT2D eigenvalue weighted by Crippen LogP contribution is -2.31. The molecule has 0 saturated heterocycles. The van der Waals surface area contributed by atoms with Gasteiger partial charge in [-0.05, 0) is 46.2 Å². The van der Waals surface area contributed by atoms with Gasteiger partial charge in [0.05, 0.1) is 11.6 Å². The molecule has 4 aromatic carbocycles. The molecule has 0 saturated carbocycles. The van der Waals surface area contributed by atoms with Crippen molar-refractivity contribution in [1.82, 2.24) is 10.2 Å². The number of aliphatic hydroxyl groups is 1. The zero-order chi connectivity index (χ0) is 28.8. The molecular weight excluding hydrogens is 634 g/mol. The number of aliphatic hydroxyl groups excluding tert-OH is 1. The molecule has 1 amide bonds. The largest absolute Gasteiger partial charge is 0.503 e. The second-order valence-electron chi connectivity index (χ2n) is 9.65. The molecule has 2 aromatic heterocycles. The third-order valence-corrected chi connectivity index (χ3v) is 9.75. The number of anilines is 1. The summed E-state index contributed by atoms with van der Waals surface area (Å²) in [6, 6.07) is 29.6. The highest BCUT2D eigenvalue weighted by atomic mass is 79.9. The van der Waals surface area contributed by atoms with Gasteiger partial charge in [0.1, 0.15) is 5.58 Å². The summed E-state index contributed by atoms with van der Waals surface area (Å²) in [7, 11) is 0. The molecule has 1 aliphatic heterocycles. The van der Waals surface area contributed by atoms with Crippen LogP contribution in [0.4, 0.5) is 5.13 Å². The number of rotatable bonds is 7. The van der Waals surface area contributed by atoms with E-state index < -0.39 is 23.5 Å². The molecule has 7 rings (SSSR count). The maximum absolute atomic E-state index is 13.8. The summed E-state index contributed by atoms with van der Waals surface area (Å²) < 4.78 is 7.32. The van der Waals surface area contributed by atoms with E-state index in [0.29, 0.717) is 21.2 Å². The van der Waals surface area contributed by atoms with Crippen LogP contribution in [0.1, 0.15) is 27.7 Å². The van der Waals surface area contributed by atoms with Crippen LogP contribution in [0.3, 0.4) is 0 Å². The number of hydrogen-bond acceptors (Lipinski definition) is 8. The van der Waals surface area contributed by atoms with Crippen molar-refractivity contribution in [3.63, 3.8) is 0 Å². The highest BCUT2D eigenvalue weighted by Gasteiger charge is 2.46. The molecule has 3 heterocycles. The van der Waals surface area contributed by atoms with Crippen LogP contribution in [0.2, 0.25) is 0 Å². The molecule has 0 radical (unpaired) electrons. The molecule has 0 bridgehead atoms. The SMILES string of the molecule is O=C(C1=C(O)C(=O)N(c2nnc(SCc3cccc4ccccc34)s2)C1c1ccc(Br)cc1)c1cc2ccccc2o1. The second-order valence-corrected chi connectivity index (χ2v) is 12.7. The van der Waals surface area contributed by atoms with Crippen molar-refractivity contribution in [2.75, 3.05) is 4.90 Å². The molecule has 1 atom stereocenters.